The van der Waals surface area contributed by atoms with E-state index in [0.717, 1.165) is 24.4 Å². The molecule has 0 aliphatic carbocycles. The summed E-state index contributed by atoms with van der Waals surface area (Å²) in [6.45, 7) is 0. The number of aromatic nitrogens is 1. The predicted molar refractivity (Wildman–Crippen MR) is 73.2 cm³/mol. The van der Waals surface area contributed by atoms with Gasteiger partial charge in [0.2, 0.25) is 0 Å². The van der Waals surface area contributed by atoms with E-state index in [9.17, 15) is 28.1 Å². The Morgan fingerprint density at radius 1 is 1.41 bits per heavy atom. The summed E-state index contributed by atoms with van der Waals surface area (Å²) in [5.74, 6) is -0.944. The molecular weight excluding hydrogens is 347 g/mol. The first-order chi connectivity index (χ1) is 10.2. The summed E-state index contributed by atoms with van der Waals surface area (Å²) in [5, 5.41) is 11.5. The fourth-order valence-electron chi connectivity index (χ4n) is 1.50. The molecule has 6 nitrogen and oxygen atoms in total. The Hall–Kier alpha value is -2.20. The van der Waals surface area contributed by atoms with Crippen LogP contribution < -0.4 is 5.32 Å². The number of hydrogen-bond acceptors (Lipinski definition) is 5. The molecule has 0 saturated carbocycles. The Balaban J connectivity index is 2.28. The Bertz CT molecular complexity index is 748. The summed E-state index contributed by atoms with van der Waals surface area (Å²) >= 11 is 6.18. The number of nitrogens with one attached hydrogen (secondary N) is 1. The first-order valence-corrected chi connectivity index (χ1v) is 6.67. The van der Waals surface area contributed by atoms with E-state index in [-0.39, 0.29) is 10.1 Å². The molecule has 0 spiro atoms. The fraction of sp³-hybridized carbons (Fsp3) is 0.0909. The Morgan fingerprint density at radius 3 is 2.64 bits per heavy atom. The largest absolute Gasteiger partial charge is 0.417 e. The summed E-state index contributed by atoms with van der Waals surface area (Å²) in [4.78, 5) is 25.3. The van der Waals surface area contributed by atoms with Gasteiger partial charge in [0.05, 0.1) is 21.1 Å². The molecule has 22 heavy (non-hydrogen) atoms. The lowest BCUT2D eigenvalue weighted by Crippen LogP contribution is -2.15. The monoisotopic (exact) mass is 351 g/mol. The highest BCUT2D eigenvalue weighted by atomic mass is 35.5. The summed E-state index contributed by atoms with van der Waals surface area (Å²) < 4.78 is 38.1. The van der Waals surface area contributed by atoms with E-state index in [1.807, 2.05) is 0 Å². The van der Waals surface area contributed by atoms with Crippen LogP contribution in [0.4, 0.5) is 23.3 Å². The van der Waals surface area contributed by atoms with Crippen LogP contribution in [0.5, 0.6) is 0 Å². The minimum Gasteiger partial charge on any atom is -0.298 e. The number of benzene rings is 1. The minimum absolute atomic E-state index is 0.120. The molecule has 0 radical (unpaired) electrons. The highest BCUT2D eigenvalue weighted by molar-refractivity contribution is 7.18. The molecule has 0 aliphatic rings. The number of carbonyl (C=O) groups excluding carboxylic acids is 1. The second kappa shape index (κ2) is 5.89. The van der Waals surface area contributed by atoms with Crippen molar-refractivity contribution in [3.63, 3.8) is 0 Å². The molecule has 1 amide bonds. The maximum Gasteiger partial charge on any atom is 0.417 e. The predicted octanol–water partition coefficient (Wildman–Crippen LogP) is 3.98. The molecule has 116 valence electrons. The van der Waals surface area contributed by atoms with Crippen LogP contribution >= 0.6 is 22.9 Å². The average Bonchev–Trinajstić information content (AvgIpc) is 2.86. The van der Waals surface area contributed by atoms with Gasteiger partial charge >= 0.3 is 11.2 Å². The molecule has 2 rings (SSSR count). The maximum atomic E-state index is 12.7. The standard InChI is InChI=1S/C11H5ClF3N3O3S/c12-8-5(2-1-3-6(8)11(13,14)15)9(19)17-10-16-4-7(22-10)18(20)21/h1-4H,(H,16,17,19). The zero-order valence-corrected chi connectivity index (χ0v) is 11.9. The van der Waals surface area contributed by atoms with Crippen molar-refractivity contribution < 1.29 is 22.9 Å². The van der Waals surface area contributed by atoms with Crippen molar-refractivity contribution in [1.82, 2.24) is 4.98 Å². The quantitative estimate of drug-likeness (QED) is 0.669. The highest BCUT2D eigenvalue weighted by Gasteiger charge is 2.34. The van der Waals surface area contributed by atoms with Gasteiger partial charge in [0, 0.05) is 0 Å². The summed E-state index contributed by atoms with van der Waals surface area (Å²) in [7, 11) is 0. The molecule has 11 heteroatoms. The number of hydrogen-bond donors (Lipinski definition) is 1. The van der Waals surface area contributed by atoms with E-state index in [1.54, 1.807) is 0 Å². The smallest absolute Gasteiger partial charge is 0.298 e. The third-order valence-electron chi connectivity index (χ3n) is 2.44. The lowest BCUT2D eigenvalue weighted by Gasteiger charge is -2.11. The van der Waals surface area contributed by atoms with Gasteiger partial charge in [-0.25, -0.2) is 4.98 Å². The van der Waals surface area contributed by atoms with Crippen molar-refractivity contribution in [2.24, 2.45) is 0 Å². The second-order valence-electron chi connectivity index (χ2n) is 3.88. The van der Waals surface area contributed by atoms with E-state index in [1.165, 1.54) is 0 Å². The summed E-state index contributed by atoms with van der Waals surface area (Å²) in [6.07, 6.45) is -3.78. The van der Waals surface area contributed by atoms with Crippen molar-refractivity contribution in [2.75, 3.05) is 5.32 Å². The third-order valence-corrected chi connectivity index (χ3v) is 3.71. The number of halogens is 4. The van der Waals surface area contributed by atoms with E-state index >= 15 is 0 Å². The number of carbonyl (C=O) groups is 1. The van der Waals surface area contributed by atoms with Gasteiger partial charge in [0.15, 0.2) is 5.13 Å². The Labute approximate surface area is 129 Å². The SMILES string of the molecule is O=C(Nc1ncc([N+](=O)[O-])s1)c1cccc(C(F)(F)F)c1Cl. The molecule has 1 aromatic carbocycles. The molecule has 1 heterocycles. The van der Waals surface area contributed by atoms with Crippen molar-refractivity contribution in [2.45, 2.75) is 6.18 Å². The van der Waals surface area contributed by atoms with Crippen molar-refractivity contribution in [3.05, 3.63) is 50.7 Å². The van der Waals surface area contributed by atoms with E-state index in [4.69, 9.17) is 11.6 Å². The number of amides is 1. The van der Waals surface area contributed by atoms with Gasteiger partial charge in [-0.05, 0) is 23.5 Å². The van der Waals surface area contributed by atoms with Crippen LogP contribution in [0, 0.1) is 10.1 Å². The van der Waals surface area contributed by atoms with Gasteiger partial charge < -0.3 is 0 Å². The van der Waals surface area contributed by atoms with Crippen LogP contribution in [-0.4, -0.2) is 15.8 Å². The molecule has 0 bridgehead atoms. The number of nitrogens with zero attached hydrogens (tertiary/aromatic N) is 2. The third kappa shape index (κ3) is 3.34. The maximum absolute atomic E-state index is 12.7. The number of nitro groups is 1. The molecule has 0 fully saturated rings. The van der Waals surface area contributed by atoms with Gasteiger partial charge in [-0.15, -0.1) is 0 Å². The van der Waals surface area contributed by atoms with E-state index in [0.29, 0.717) is 11.3 Å². The minimum atomic E-state index is -4.70. The lowest BCUT2D eigenvalue weighted by atomic mass is 10.1. The molecule has 0 saturated heterocycles. The second-order valence-corrected chi connectivity index (χ2v) is 5.27. The van der Waals surface area contributed by atoms with Gasteiger partial charge in [0.25, 0.3) is 5.91 Å². The molecule has 1 N–H and O–H groups in total. The van der Waals surface area contributed by atoms with Gasteiger partial charge in [-0.1, -0.05) is 17.7 Å². The van der Waals surface area contributed by atoms with Crippen LogP contribution in [-0.2, 0) is 6.18 Å². The molecule has 0 unspecified atom stereocenters. The normalized spacial score (nSPS) is 11.3. The first-order valence-electron chi connectivity index (χ1n) is 5.47. The molecule has 0 aliphatic heterocycles. The Morgan fingerprint density at radius 2 is 2.09 bits per heavy atom. The molecular formula is C11H5ClF3N3O3S. The molecule has 0 atom stereocenters. The van der Waals surface area contributed by atoms with Crippen molar-refractivity contribution >= 4 is 39.0 Å². The van der Waals surface area contributed by atoms with Crippen LogP contribution in [0.1, 0.15) is 15.9 Å². The van der Waals surface area contributed by atoms with Crippen LogP contribution in [0.15, 0.2) is 24.4 Å². The zero-order valence-electron chi connectivity index (χ0n) is 10.3. The number of thiazole rings is 1. The first kappa shape index (κ1) is 16.2. The Kier molecular flexibility index (Phi) is 4.33. The van der Waals surface area contributed by atoms with Crippen molar-refractivity contribution in [3.8, 4) is 0 Å². The average molecular weight is 352 g/mol. The van der Waals surface area contributed by atoms with Crippen LogP contribution in [0.25, 0.3) is 0 Å². The zero-order chi connectivity index (χ0) is 16.5. The van der Waals surface area contributed by atoms with E-state index < -0.39 is 33.2 Å². The number of rotatable bonds is 3. The topological polar surface area (TPSA) is 85.1 Å². The van der Waals surface area contributed by atoms with Crippen LogP contribution in [0.3, 0.4) is 0 Å². The molecule has 2 aromatic rings. The molecule has 1 aromatic heterocycles. The van der Waals surface area contributed by atoms with Gasteiger partial charge in [-0.2, -0.15) is 13.2 Å². The lowest BCUT2D eigenvalue weighted by molar-refractivity contribution is -0.380. The number of alkyl halides is 3. The number of anilines is 1. The summed E-state index contributed by atoms with van der Waals surface area (Å²) in [6, 6.07) is 2.89. The van der Waals surface area contributed by atoms with Gasteiger partial charge in [-0.3, -0.25) is 20.2 Å². The van der Waals surface area contributed by atoms with E-state index in [2.05, 4.69) is 10.3 Å². The highest BCUT2D eigenvalue weighted by Crippen LogP contribution is 2.36. The summed E-state index contributed by atoms with van der Waals surface area (Å²) in [5.41, 5.74) is -1.55. The fourth-order valence-corrected chi connectivity index (χ4v) is 2.44. The van der Waals surface area contributed by atoms with Gasteiger partial charge in [0.1, 0.15) is 6.20 Å². The van der Waals surface area contributed by atoms with Crippen molar-refractivity contribution in [1.29, 1.82) is 0 Å². The van der Waals surface area contributed by atoms with Crippen LogP contribution in [0.2, 0.25) is 5.02 Å².